The van der Waals surface area contributed by atoms with E-state index in [0.717, 1.165) is 16.7 Å². The van der Waals surface area contributed by atoms with E-state index in [4.69, 9.17) is 28.4 Å². The molecule has 0 amide bonds. The molecule has 2 saturated heterocycles. The third-order valence-corrected chi connectivity index (χ3v) is 9.84. The minimum atomic E-state index is -1.32. The number of esters is 1. The highest BCUT2D eigenvalue weighted by Crippen LogP contribution is 2.71. The van der Waals surface area contributed by atoms with Crippen LogP contribution in [-0.4, -0.2) is 65.9 Å². The lowest BCUT2D eigenvalue weighted by molar-refractivity contribution is -0.392. The van der Waals surface area contributed by atoms with Crippen molar-refractivity contribution in [1.82, 2.24) is 0 Å². The largest absolute Gasteiger partial charge is 0.495 e. The minimum Gasteiger partial charge on any atom is -0.495 e. The van der Waals surface area contributed by atoms with E-state index >= 15 is 0 Å². The fourth-order valence-corrected chi connectivity index (χ4v) is 8.22. The Morgan fingerprint density at radius 3 is 2.51 bits per heavy atom. The Kier molecular flexibility index (Phi) is 4.62. The summed E-state index contributed by atoms with van der Waals surface area (Å²) >= 11 is 0. The molecule has 0 radical (unpaired) electrons. The van der Waals surface area contributed by atoms with Crippen LogP contribution in [0.2, 0.25) is 0 Å². The maximum atomic E-state index is 12.6. The number of fused-ring (bicyclic) bond motifs is 5. The first-order chi connectivity index (χ1) is 16.4. The molecule has 5 aliphatic rings. The van der Waals surface area contributed by atoms with Crippen molar-refractivity contribution in [3.63, 3.8) is 0 Å². The fourth-order valence-electron chi connectivity index (χ4n) is 8.22. The topological polar surface area (TPSA) is 113 Å². The Morgan fingerprint density at radius 1 is 1.11 bits per heavy atom. The first kappa shape index (κ1) is 23.5. The maximum absolute atomic E-state index is 12.6. The number of ether oxygens (including phenoxy) is 6. The van der Waals surface area contributed by atoms with Crippen molar-refractivity contribution in [3.05, 3.63) is 22.3 Å². The lowest BCUT2D eigenvalue weighted by atomic mass is 9.45. The van der Waals surface area contributed by atoms with Crippen molar-refractivity contribution in [2.75, 3.05) is 20.8 Å². The van der Waals surface area contributed by atoms with Crippen molar-refractivity contribution in [1.29, 1.82) is 0 Å². The molecule has 35 heavy (non-hydrogen) atoms. The standard InChI is InChI=1S/C26H34O9/c1-13-15-11-32-21(29)18(15)20(30-5)14-9-16-22(2)7-8-25(31-6)34-24(4,12-27)26(22,35-25)17(28)10-23(16,3)33-19(13)14/h16-17,27-28H,7-12H2,1-6H3/t16-,17-,22+,23+,24-,25-,26-/m0/s1. The van der Waals surface area contributed by atoms with Crippen molar-refractivity contribution in [2.45, 2.75) is 88.9 Å². The van der Waals surface area contributed by atoms with Gasteiger partial charge in [0, 0.05) is 42.4 Å². The molecule has 4 aliphatic heterocycles. The SMILES string of the molecule is COc1c2c(c(C)c3c1C(=O)OC3)O[C@]1(C)C[C@H](O)[C@]34O[C@](OC)(CC[C@]3(C)[C@@H]1C2)O[C@@]4(C)CO. The molecule has 1 spiro atoms. The van der Waals surface area contributed by atoms with Crippen molar-refractivity contribution in [2.24, 2.45) is 11.3 Å². The molecule has 7 atom stereocenters. The summed E-state index contributed by atoms with van der Waals surface area (Å²) in [5, 5.41) is 22.3. The highest BCUT2D eigenvalue weighted by atomic mass is 16.9. The van der Waals surface area contributed by atoms with E-state index in [0.29, 0.717) is 36.3 Å². The monoisotopic (exact) mass is 490 g/mol. The van der Waals surface area contributed by atoms with Gasteiger partial charge in [0.05, 0.1) is 19.8 Å². The number of aliphatic hydroxyl groups excluding tert-OH is 2. The zero-order chi connectivity index (χ0) is 25.2. The van der Waals surface area contributed by atoms with Crippen LogP contribution in [0.1, 0.15) is 67.1 Å². The summed E-state index contributed by atoms with van der Waals surface area (Å²) in [5.74, 6) is -0.667. The van der Waals surface area contributed by atoms with Gasteiger partial charge in [0.15, 0.2) is 0 Å². The van der Waals surface area contributed by atoms with E-state index in [1.807, 2.05) is 13.8 Å². The molecule has 192 valence electrons. The van der Waals surface area contributed by atoms with Gasteiger partial charge in [-0.2, -0.15) is 0 Å². The number of aliphatic hydroxyl groups is 2. The van der Waals surface area contributed by atoms with Crippen LogP contribution in [0.25, 0.3) is 0 Å². The molecule has 9 heteroatoms. The van der Waals surface area contributed by atoms with Gasteiger partial charge in [0.1, 0.15) is 40.5 Å². The molecule has 0 aromatic heterocycles. The summed E-state index contributed by atoms with van der Waals surface area (Å²) in [6.07, 6.45) is 0.911. The molecule has 1 aliphatic carbocycles. The van der Waals surface area contributed by atoms with E-state index in [1.165, 1.54) is 7.11 Å². The third kappa shape index (κ3) is 2.49. The second-order valence-electron chi connectivity index (χ2n) is 11.4. The first-order valence-corrected chi connectivity index (χ1v) is 12.3. The molecule has 1 saturated carbocycles. The lowest BCUT2D eigenvalue weighted by Crippen LogP contribution is -2.78. The smallest absolute Gasteiger partial charge is 0.342 e. The van der Waals surface area contributed by atoms with E-state index < -0.39 is 34.3 Å². The molecule has 3 fully saturated rings. The van der Waals surface area contributed by atoms with Crippen LogP contribution >= 0.6 is 0 Å². The summed E-state index contributed by atoms with van der Waals surface area (Å²) in [6, 6.07) is 0. The van der Waals surface area contributed by atoms with E-state index in [-0.39, 0.29) is 31.5 Å². The fraction of sp³-hybridized carbons (Fsp3) is 0.731. The quantitative estimate of drug-likeness (QED) is 0.617. The molecule has 9 nitrogen and oxygen atoms in total. The van der Waals surface area contributed by atoms with Gasteiger partial charge in [-0.05, 0) is 39.2 Å². The number of methoxy groups -OCH3 is 2. The van der Waals surface area contributed by atoms with Gasteiger partial charge in [-0.15, -0.1) is 0 Å². The van der Waals surface area contributed by atoms with Crippen LogP contribution in [0.3, 0.4) is 0 Å². The Morgan fingerprint density at radius 2 is 1.86 bits per heavy atom. The van der Waals surface area contributed by atoms with Gasteiger partial charge >= 0.3 is 5.97 Å². The highest BCUT2D eigenvalue weighted by Gasteiger charge is 2.81. The molecular formula is C26H34O9. The molecular weight excluding hydrogens is 456 g/mol. The maximum Gasteiger partial charge on any atom is 0.342 e. The number of rotatable bonds is 3. The minimum absolute atomic E-state index is 0.142. The van der Waals surface area contributed by atoms with Crippen LogP contribution in [0.5, 0.6) is 11.5 Å². The second-order valence-corrected chi connectivity index (χ2v) is 11.4. The normalized spacial score (nSPS) is 45.1. The number of benzene rings is 1. The average molecular weight is 491 g/mol. The van der Waals surface area contributed by atoms with Gasteiger partial charge < -0.3 is 38.6 Å². The zero-order valence-corrected chi connectivity index (χ0v) is 21.1. The summed E-state index contributed by atoms with van der Waals surface area (Å²) in [4.78, 5) is 12.6. The molecule has 2 bridgehead atoms. The lowest BCUT2D eigenvalue weighted by Gasteiger charge is -2.66. The zero-order valence-electron chi connectivity index (χ0n) is 21.1. The molecule has 6 rings (SSSR count). The third-order valence-electron chi connectivity index (χ3n) is 9.84. The van der Waals surface area contributed by atoms with Crippen LogP contribution in [0.15, 0.2) is 0 Å². The average Bonchev–Trinajstić information content (AvgIpc) is 3.32. The second kappa shape index (κ2) is 6.89. The number of carbonyl (C=O) groups is 1. The van der Waals surface area contributed by atoms with Gasteiger partial charge in [-0.3, -0.25) is 0 Å². The molecule has 4 heterocycles. The van der Waals surface area contributed by atoms with Gasteiger partial charge in [-0.25, -0.2) is 4.79 Å². The van der Waals surface area contributed by atoms with Crippen LogP contribution in [0, 0.1) is 18.3 Å². The summed E-state index contributed by atoms with van der Waals surface area (Å²) in [7, 11) is 3.08. The Labute approximate surface area is 204 Å². The summed E-state index contributed by atoms with van der Waals surface area (Å²) in [5.41, 5.74) is -0.872. The predicted molar refractivity (Wildman–Crippen MR) is 121 cm³/mol. The summed E-state index contributed by atoms with van der Waals surface area (Å²) < 4.78 is 36.5. The van der Waals surface area contributed by atoms with E-state index in [1.54, 1.807) is 14.0 Å². The van der Waals surface area contributed by atoms with Crippen LogP contribution in [0.4, 0.5) is 0 Å². The van der Waals surface area contributed by atoms with E-state index in [2.05, 4.69) is 6.92 Å². The summed E-state index contributed by atoms with van der Waals surface area (Å²) in [6.45, 7) is 7.70. The Bertz CT molecular complexity index is 1130. The Balaban J connectivity index is 1.56. The van der Waals surface area contributed by atoms with Gasteiger partial charge in [-0.1, -0.05) is 6.92 Å². The number of hydrogen-bond acceptors (Lipinski definition) is 9. The molecule has 1 aromatic rings. The van der Waals surface area contributed by atoms with Crippen LogP contribution in [-0.2, 0) is 32.0 Å². The number of hydrogen-bond donors (Lipinski definition) is 2. The molecule has 2 N–H and O–H groups in total. The first-order valence-electron chi connectivity index (χ1n) is 12.3. The van der Waals surface area contributed by atoms with Gasteiger partial charge in [0.25, 0.3) is 5.97 Å². The number of carbonyl (C=O) groups excluding carboxylic acids is 1. The molecule has 1 aromatic carbocycles. The van der Waals surface area contributed by atoms with Crippen molar-refractivity contribution < 1.29 is 43.4 Å². The molecule has 0 unspecified atom stereocenters. The van der Waals surface area contributed by atoms with Crippen LogP contribution < -0.4 is 9.47 Å². The highest BCUT2D eigenvalue weighted by molar-refractivity contribution is 5.98. The Hall–Kier alpha value is -1.91. The number of cyclic esters (lactones) is 1. The van der Waals surface area contributed by atoms with Crippen molar-refractivity contribution in [3.8, 4) is 11.5 Å². The van der Waals surface area contributed by atoms with Gasteiger partial charge in [0.2, 0.25) is 0 Å². The van der Waals surface area contributed by atoms with Crippen molar-refractivity contribution >= 4 is 5.97 Å². The predicted octanol–water partition coefficient (Wildman–Crippen LogP) is 2.39. The van der Waals surface area contributed by atoms with E-state index in [9.17, 15) is 15.0 Å².